The monoisotopic (exact) mass is 317 g/mol. The van der Waals surface area contributed by atoms with Crippen LogP contribution in [0.5, 0.6) is 0 Å². The molecule has 2 aromatic rings. The highest BCUT2D eigenvalue weighted by Crippen LogP contribution is 2.20. The van der Waals surface area contributed by atoms with Gasteiger partial charge in [-0.05, 0) is 30.5 Å². The van der Waals surface area contributed by atoms with Crippen molar-refractivity contribution >= 4 is 29.0 Å². The van der Waals surface area contributed by atoms with Gasteiger partial charge < -0.3 is 10.4 Å². The van der Waals surface area contributed by atoms with E-state index >= 15 is 0 Å². The first-order valence-electron chi connectivity index (χ1n) is 6.34. The van der Waals surface area contributed by atoms with Gasteiger partial charge >= 0.3 is 0 Å². The Kier molecular flexibility index (Phi) is 5.88. The molecule has 0 radical (unpaired) electrons. The molecular weight excluding hydrogens is 302 g/mol. The molecule has 3 nitrogen and oxygen atoms in total. The second-order valence-corrected chi connectivity index (χ2v) is 6.13. The van der Waals surface area contributed by atoms with Crippen LogP contribution in [-0.2, 0) is 6.54 Å². The number of aliphatic hydroxyl groups is 1. The predicted molar refractivity (Wildman–Crippen MR) is 87.7 cm³/mol. The third kappa shape index (κ3) is 4.36. The number of hydrogen-bond acceptors (Lipinski definition) is 4. The summed E-state index contributed by atoms with van der Waals surface area (Å²) in [5, 5.41) is 11.6. The van der Waals surface area contributed by atoms with Gasteiger partial charge in [0.2, 0.25) is 0 Å². The number of aliphatic hydroxyl groups excluding tert-OH is 1. The molecule has 108 valence electrons. The maximum Gasteiger partial charge on any atom is 0.252 e. The summed E-state index contributed by atoms with van der Waals surface area (Å²) in [5.41, 5.74) is 0.696. The Labute approximate surface area is 132 Å². The van der Waals surface area contributed by atoms with Crippen molar-refractivity contribution in [2.45, 2.75) is 11.4 Å². The van der Waals surface area contributed by atoms with Crippen molar-refractivity contribution in [1.29, 1.82) is 0 Å². The summed E-state index contributed by atoms with van der Waals surface area (Å²) in [4.78, 5) is 15.1. The summed E-state index contributed by atoms with van der Waals surface area (Å²) in [5.74, 6) is 5.39. The van der Waals surface area contributed by atoms with Crippen LogP contribution in [0, 0.1) is 11.8 Å². The lowest BCUT2D eigenvalue weighted by Gasteiger charge is -2.07. The maximum atomic E-state index is 12.2. The highest BCUT2D eigenvalue weighted by molar-refractivity contribution is 7.98. The van der Waals surface area contributed by atoms with E-state index in [9.17, 15) is 4.79 Å². The van der Waals surface area contributed by atoms with E-state index in [-0.39, 0.29) is 12.5 Å². The third-order valence-electron chi connectivity index (χ3n) is 2.73. The molecule has 2 N–H and O–H groups in total. The van der Waals surface area contributed by atoms with Crippen LogP contribution in [0.1, 0.15) is 20.1 Å². The fraction of sp³-hybridized carbons (Fsp3) is 0.188. The standard InChI is InChI=1S/C16H15NO2S2/c1-20-15-7-3-2-6-14(15)16(19)17-11-13-9-8-12(21-13)5-4-10-18/h2-3,6-9,18H,10-11H2,1H3,(H,17,19). The van der Waals surface area contributed by atoms with Crippen molar-refractivity contribution in [2.75, 3.05) is 12.9 Å². The molecule has 0 spiro atoms. The van der Waals surface area contributed by atoms with Gasteiger partial charge in [-0.1, -0.05) is 24.0 Å². The summed E-state index contributed by atoms with van der Waals surface area (Å²) < 4.78 is 0. The first-order chi connectivity index (χ1) is 10.2. The van der Waals surface area contributed by atoms with Gasteiger partial charge in [0.25, 0.3) is 5.91 Å². The number of thioether (sulfide) groups is 1. The molecule has 0 fully saturated rings. The van der Waals surface area contributed by atoms with Crippen molar-refractivity contribution < 1.29 is 9.90 Å². The van der Waals surface area contributed by atoms with Crippen LogP contribution in [0.4, 0.5) is 0 Å². The van der Waals surface area contributed by atoms with Gasteiger partial charge in [0.1, 0.15) is 6.61 Å². The molecule has 0 saturated heterocycles. The number of amides is 1. The molecule has 0 bridgehead atoms. The zero-order valence-corrected chi connectivity index (χ0v) is 13.2. The van der Waals surface area contributed by atoms with E-state index in [1.165, 1.54) is 11.3 Å². The molecule has 5 heteroatoms. The molecule has 0 atom stereocenters. The molecule has 0 aliphatic rings. The van der Waals surface area contributed by atoms with Gasteiger partial charge in [-0.15, -0.1) is 23.1 Å². The molecular formula is C16H15NO2S2. The summed E-state index contributed by atoms with van der Waals surface area (Å²) in [6, 6.07) is 11.4. The fourth-order valence-electron chi connectivity index (χ4n) is 1.76. The van der Waals surface area contributed by atoms with Crippen molar-refractivity contribution in [3.63, 3.8) is 0 Å². The molecule has 1 aromatic heterocycles. The maximum absolute atomic E-state index is 12.2. The number of rotatable bonds is 4. The zero-order chi connectivity index (χ0) is 15.1. The van der Waals surface area contributed by atoms with Crippen LogP contribution in [-0.4, -0.2) is 23.9 Å². The van der Waals surface area contributed by atoms with Gasteiger partial charge in [-0.25, -0.2) is 0 Å². The van der Waals surface area contributed by atoms with Gasteiger partial charge in [0.15, 0.2) is 0 Å². The summed E-state index contributed by atoms with van der Waals surface area (Å²) in [7, 11) is 0. The fourth-order valence-corrected chi connectivity index (χ4v) is 3.18. The Hall–Kier alpha value is -1.74. The van der Waals surface area contributed by atoms with Crippen molar-refractivity contribution in [1.82, 2.24) is 5.32 Å². The van der Waals surface area contributed by atoms with Crippen LogP contribution < -0.4 is 5.32 Å². The van der Waals surface area contributed by atoms with Crippen molar-refractivity contribution in [3.8, 4) is 11.8 Å². The highest BCUT2D eigenvalue weighted by atomic mass is 32.2. The number of benzene rings is 1. The molecule has 2 rings (SSSR count). The second-order valence-electron chi connectivity index (χ2n) is 4.11. The average molecular weight is 317 g/mol. The number of carbonyl (C=O) groups is 1. The predicted octanol–water partition coefficient (Wildman–Crippen LogP) is 2.74. The summed E-state index contributed by atoms with van der Waals surface area (Å²) in [6.45, 7) is 0.336. The number of thiophene rings is 1. The molecule has 21 heavy (non-hydrogen) atoms. The number of hydrogen-bond donors (Lipinski definition) is 2. The van der Waals surface area contributed by atoms with E-state index in [0.717, 1.165) is 14.6 Å². The minimum atomic E-state index is -0.143. The quantitative estimate of drug-likeness (QED) is 0.673. The van der Waals surface area contributed by atoms with Gasteiger partial charge in [-0.2, -0.15) is 0 Å². The lowest BCUT2D eigenvalue weighted by molar-refractivity contribution is 0.0948. The minimum absolute atomic E-state index is 0.0728. The van der Waals surface area contributed by atoms with Gasteiger partial charge in [0.05, 0.1) is 17.0 Å². The normalized spacial score (nSPS) is 9.81. The average Bonchev–Trinajstić information content (AvgIpc) is 2.98. The van der Waals surface area contributed by atoms with Crippen LogP contribution in [0.3, 0.4) is 0 Å². The van der Waals surface area contributed by atoms with Crippen LogP contribution in [0.15, 0.2) is 41.3 Å². The Morgan fingerprint density at radius 2 is 2.14 bits per heavy atom. The SMILES string of the molecule is CSc1ccccc1C(=O)NCc1ccc(C#CCO)s1. The first kappa shape index (κ1) is 15.6. The minimum Gasteiger partial charge on any atom is -0.384 e. The van der Waals surface area contributed by atoms with Crippen LogP contribution in [0.2, 0.25) is 0 Å². The molecule has 1 aromatic carbocycles. The van der Waals surface area contributed by atoms with E-state index in [2.05, 4.69) is 17.2 Å². The van der Waals surface area contributed by atoms with Crippen molar-refractivity contribution in [2.24, 2.45) is 0 Å². The number of nitrogens with one attached hydrogen (secondary N) is 1. The summed E-state index contributed by atoms with van der Waals surface area (Å²) in [6.07, 6.45) is 1.96. The van der Waals surface area contributed by atoms with E-state index < -0.39 is 0 Å². The molecule has 1 heterocycles. The lowest BCUT2D eigenvalue weighted by atomic mass is 10.2. The van der Waals surface area contributed by atoms with E-state index in [1.54, 1.807) is 11.8 Å². The van der Waals surface area contributed by atoms with Gasteiger partial charge in [0, 0.05) is 9.77 Å². The molecule has 0 aliphatic carbocycles. The second kappa shape index (κ2) is 7.89. The zero-order valence-electron chi connectivity index (χ0n) is 11.6. The van der Waals surface area contributed by atoms with E-state index in [1.807, 2.05) is 42.7 Å². The Morgan fingerprint density at radius 1 is 1.33 bits per heavy atom. The smallest absolute Gasteiger partial charge is 0.252 e. The van der Waals surface area contributed by atoms with E-state index in [4.69, 9.17) is 5.11 Å². The Bertz CT molecular complexity index is 683. The third-order valence-corrected chi connectivity index (χ3v) is 4.52. The first-order valence-corrected chi connectivity index (χ1v) is 8.38. The van der Waals surface area contributed by atoms with Crippen LogP contribution >= 0.6 is 23.1 Å². The Morgan fingerprint density at radius 3 is 2.90 bits per heavy atom. The molecule has 0 unspecified atom stereocenters. The molecule has 0 saturated carbocycles. The molecule has 1 amide bonds. The lowest BCUT2D eigenvalue weighted by Crippen LogP contribution is -2.22. The highest BCUT2D eigenvalue weighted by Gasteiger charge is 2.10. The van der Waals surface area contributed by atoms with Gasteiger partial charge in [-0.3, -0.25) is 4.79 Å². The van der Waals surface area contributed by atoms with E-state index in [0.29, 0.717) is 12.1 Å². The topological polar surface area (TPSA) is 49.3 Å². The largest absolute Gasteiger partial charge is 0.384 e. The van der Waals surface area contributed by atoms with Crippen molar-refractivity contribution in [3.05, 3.63) is 51.7 Å². The summed E-state index contributed by atoms with van der Waals surface area (Å²) >= 11 is 3.07. The number of carbonyl (C=O) groups excluding carboxylic acids is 1. The molecule has 0 aliphatic heterocycles. The Balaban J connectivity index is 1.99. The van der Waals surface area contributed by atoms with Crippen LogP contribution in [0.25, 0.3) is 0 Å².